The van der Waals surface area contributed by atoms with Crippen LogP contribution in [0.4, 0.5) is 5.82 Å². The van der Waals surface area contributed by atoms with Gasteiger partial charge in [-0.1, -0.05) is 18.2 Å². The number of rotatable bonds is 5. The molecule has 0 bridgehead atoms. The first kappa shape index (κ1) is 15.5. The highest BCUT2D eigenvalue weighted by atomic mass is 16.5. The van der Waals surface area contributed by atoms with Crippen molar-refractivity contribution in [3.8, 4) is 5.69 Å². The lowest BCUT2D eigenvalue weighted by molar-refractivity contribution is 0.0527. The Morgan fingerprint density at radius 3 is 2.67 bits per heavy atom. The normalized spacial score (nSPS) is 10.4. The molecule has 0 aliphatic heterocycles. The van der Waals surface area contributed by atoms with Crippen molar-refractivity contribution < 1.29 is 18.7 Å². The highest BCUT2D eigenvalue weighted by Crippen LogP contribution is 2.22. The van der Waals surface area contributed by atoms with E-state index in [0.717, 1.165) is 0 Å². The molecular formula is C17H15N3O4. The molecule has 0 saturated carbocycles. The average molecular weight is 325 g/mol. The Bertz CT molecular complexity index is 838. The van der Waals surface area contributed by atoms with Crippen LogP contribution >= 0.6 is 0 Å². The Morgan fingerprint density at radius 1 is 1.21 bits per heavy atom. The molecule has 2 heterocycles. The lowest BCUT2D eigenvalue weighted by Crippen LogP contribution is -2.17. The number of esters is 1. The van der Waals surface area contributed by atoms with Crippen LogP contribution in [0.2, 0.25) is 0 Å². The first-order valence-corrected chi connectivity index (χ1v) is 7.36. The molecule has 122 valence electrons. The van der Waals surface area contributed by atoms with Crippen LogP contribution in [0, 0.1) is 0 Å². The number of para-hydroxylation sites is 1. The summed E-state index contributed by atoms with van der Waals surface area (Å²) in [5.41, 5.74) is 0.864. The Balaban J connectivity index is 2.01. The lowest BCUT2D eigenvalue weighted by Gasteiger charge is -2.10. The molecule has 2 aromatic heterocycles. The number of benzene rings is 1. The number of carbonyl (C=O) groups is 2. The van der Waals surface area contributed by atoms with Gasteiger partial charge in [-0.05, 0) is 31.2 Å². The Labute approximate surface area is 137 Å². The topological polar surface area (TPSA) is 86.4 Å². The summed E-state index contributed by atoms with van der Waals surface area (Å²) >= 11 is 0. The summed E-state index contributed by atoms with van der Waals surface area (Å²) in [5.74, 6) is -0.690. The summed E-state index contributed by atoms with van der Waals surface area (Å²) in [6.07, 6.45) is 2.76. The van der Waals surface area contributed by atoms with Crippen LogP contribution < -0.4 is 5.32 Å². The predicted octanol–water partition coefficient (Wildman–Crippen LogP) is 2.89. The van der Waals surface area contributed by atoms with E-state index >= 15 is 0 Å². The Morgan fingerprint density at radius 2 is 2.00 bits per heavy atom. The first-order valence-electron chi connectivity index (χ1n) is 7.36. The van der Waals surface area contributed by atoms with Crippen molar-refractivity contribution in [2.75, 3.05) is 11.9 Å². The molecule has 0 saturated heterocycles. The third kappa shape index (κ3) is 3.05. The molecule has 1 aromatic carbocycles. The van der Waals surface area contributed by atoms with E-state index in [1.54, 1.807) is 13.0 Å². The summed E-state index contributed by atoms with van der Waals surface area (Å²) in [7, 11) is 0. The fourth-order valence-electron chi connectivity index (χ4n) is 2.17. The number of furan rings is 1. The summed E-state index contributed by atoms with van der Waals surface area (Å²) in [5, 5.41) is 6.86. The zero-order valence-corrected chi connectivity index (χ0v) is 12.9. The SMILES string of the molecule is CCOC(=O)c1cnn(-c2ccccc2)c1NC(=O)c1ccco1. The number of anilines is 1. The fourth-order valence-corrected chi connectivity index (χ4v) is 2.17. The van der Waals surface area contributed by atoms with Crippen LogP contribution in [0.3, 0.4) is 0 Å². The van der Waals surface area contributed by atoms with E-state index in [2.05, 4.69) is 10.4 Å². The minimum atomic E-state index is -0.561. The number of nitrogens with zero attached hydrogens (tertiary/aromatic N) is 2. The molecule has 7 nitrogen and oxygen atoms in total. The van der Waals surface area contributed by atoms with Gasteiger partial charge in [-0.25, -0.2) is 9.48 Å². The smallest absolute Gasteiger partial charge is 0.343 e. The van der Waals surface area contributed by atoms with Crippen LogP contribution in [0.25, 0.3) is 5.69 Å². The molecule has 24 heavy (non-hydrogen) atoms. The molecule has 0 aliphatic rings. The number of amides is 1. The first-order chi connectivity index (χ1) is 11.7. The van der Waals surface area contributed by atoms with Gasteiger partial charge in [0.1, 0.15) is 5.56 Å². The molecule has 0 spiro atoms. The quantitative estimate of drug-likeness (QED) is 0.729. The second-order valence-corrected chi connectivity index (χ2v) is 4.81. The summed E-state index contributed by atoms with van der Waals surface area (Å²) in [6.45, 7) is 1.93. The van der Waals surface area contributed by atoms with Crippen LogP contribution in [0.1, 0.15) is 27.8 Å². The van der Waals surface area contributed by atoms with Crippen molar-refractivity contribution in [3.05, 3.63) is 66.2 Å². The molecule has 3 aromatic rings. The largest absolute Gasteiger partial charge is 0.462 e. The van der Waals surface area contributed by atoms with Crippen molar-refractivity contribution in [2.24, 2.45) is 0 Å². The summed E-state index contributed by atoms with van der Waals surface area (Å²) in [4.78, 5) is 24.4. The average Bonchev–Trinajstić information content (AvgIpc) is 3.26. The van der Waals surface area contributed by atoms with Crippen molar-refractivity contribution in [3.63, 3.8) is 0 Å². The van der Waals surface area contributed by atoms with Gasteiger partial charge < -0.3 is 14.5 Å². The van der Waals surface area contributed by atoms with Crippen LogP contribution in [-0.4, -0.2) is 28.3 Å². The highest BCUT2D eigenvalue weighted by molar-refractivity contribution is 6.06. The Kier molecular flexibility index (Phi) is 4.42. The van der Waals surface area contributed by atoms with Gasteiger partial charge in [0.2, 0.25) is 0 Å². The van der Waals surface area contributed by atoms with Crippen molar-refractivity contribution >= 4 is 17.7 Å². The maximum absolute atomic E-state index is 12.3. The number of hydrogen-bond donors (Lipinski definition) is 1. The van der Waals surface area contributed by atoms with Gasteiger partial charge in [0.15, 0.2) is 11.6 Å². The van der Waals surface area contributed by atoms with Gasteiger partial charge in [-0.15, -0.1) is 0 Å². The molecule has 0 fully saturated rings. The van der Waals surface area contributed by atoms with E-state index < -0.39 is 11.9 Å². The molecule has 0 radical (unpaired) electrons. The Hall–Kier alpha value is -3.35. The zero-order valence-electron chi connectivity index (χ0n) is 12.9. The third-order valence-corrected chi connectivity index (χ3v) is 3.24. The molecule has 0 atom stereocenters. The summed E-state index contributed by atoms with van der Waals surface area (Å²) in [6, 6.07) is 12.3. The number of hydrogen-bond acceptors (Lipinski definition) is 5. The molecule has 1 N–H and O–H groups in total. The standard InChI is InChI=1S/C17H15N3O4/c1-2-23-17(22)13-11-18-20(12-7-4-3-5-8-12)15(13)19-16(21)14-9-6-10-24-14/h3-11H,2H2,1H3,(H,19,21). The highest BCUT2D eigenvalue weighted by Gasteiger charge is 2.22. The molecular weight excluding hydrogens is 310 g/mol. The third-order valence-electron chi connectivity index (χ3n) is 3.24. The van der Waals surface area contributed by atoms with Gasteiger partial charge in [0.05, 0.1) is 24.8 Å². The van der Waals surface area contributed by atoms with Crippen molar-refractivity contribution in [1.29, 1.82) is 0 Å². The van der Waals surface area contributed by atoms with Gasteiger partial charge in [-0.3, -0.25) is 4.79 Å². The van der Waals surface area contributed by atoms with E-state index in [0.29, 0.717) is 5.69 Å². The molecule has 0 aliphatic carbocycles. The van der Waals surface area contributed by atoms with E-state index in [1.807, 2.05) is 30.3 Å². The van der Waals surface area contributed by atoms with Gasteiger partial charge in [0.25, 0.3) is 5.91 Å². The second-order valence-electron chi connectivity index (χ2n) is 4.81. The number of aromatic nitrogens is 2. The van der Waals surface area contributed by atoms with Crippen molar-refractivity contribution in [1.82, 2.24) is 9.78 Å². The zero-order chi connectivity index (χ0) is 16.9. The van der Waals surface area contributed by atoms with E-state index in [9.17, 15) is 9.59 Å². The minimum Gasteiger partial charge on any atom is -0.462 e. The van der Waals surface area contributed by atoms with Gasteiger partial charge in [0, 0.05) is 0 Å². The van der Waals surface area contributed by atoms with E-state index in [4.69, 9.17) is 9.15 Å². The fraction of sp³-hybridized carbons (Fsp3) is 0.118. The van der Waals surface area contributed by atoms with Gasteiger partial charge >= 0.3 is 5.97 Å². The van der Waals surface area contributed by atoms with Crippen LogP contribution in [0.15, 0.2) is 59.3 Å². The predicted molar refractivity (Wildman–Crippen MR) is 86.2 cm³/mol. The molecule has 0 unspecified atom stereocenters. The molecule has 7 heteroatoms. The molecule has 1 amide bonds. The minimum absolute atomic E-state index is 0.130. The number of ether oxygens (including phenoxy) is 1. The monoisotopic (exact) mass is 325 g/mol. The number of nitrogens with one attached hydrogen (secondary N) is 1. The lowest BCUT2D eigenvalue weighted by atomic mass is 10.3. The van der Waals surface area contributed by atoms with Gasteiger partial charge in [-0.2, -0.15) is 5.10 Å². The second kappa shape index (κ2) is 6.82. The maximum Gasteiger partial charge on any atom is 0.343 e. The van der Waals surface area contributed by atoms with E-state index in [1.165, 1.54) is 23.2 Å². The molecule has 3 rings (SSSR count). The number of carbonyl (C=O) groups excluding carboxylic acids is 2. The van der Waals surface area contributed by atoms with Crippen molar-refractivity contribution in [2.45, 2.75) is 6.92 Å². The summed E-state index contributed by atoms with van der Waals surface area (Å²) < 4.78 is 11.6. The maximum atomic E-state index is 12.3. The van der Waals surface area contributed by atoms with E-state index in [-0.39, 0.29) is 23.7 Å². The van der Waals surface area contributed by atoms with Crippen LogP contribution in [-0.2, 0) is 4.74 Å². The van der Waals surface area contributed by atoms with Crippen LogP contribution in [0.5, 0.6) is 0 Å².